The van der Waals surface area contributed by atoms with E-state index in [-0.39, 0.29) is 0 Å². The maximum atomic E-state index is 5.53. The van der Waals surface area contributed by atoms with E-state index in [0.717, 1.165) is 61.5 Å². The van der Waals surface area contributed by atoms with Crippen molar-refractivity contribution in [2.45, 2.75) is 32.4 Å². The first-order valence-corrected chi connectivity index (χ1v) is 10.4. The van der Waals surface area contributed by atoms with Gasteiger partial charge in [-0.3, -0.25) is 0 Å². The van der Waals surface area contributed by atoms with E-state index in [4.69, 9.17) is 14.5 Å². The number of rotatable bonds is 9. The Labute approximate surface area is 178 Å². The lowest BCUT2D eigenvalue weighted by atomic mass is 10.2. The molecule has 3 rings (SSSR count). The van der Waals surface area contributed by atoms with Crippen molar-refractivity contribution < 1.29 is 9.47 Å². The lowest BCUT2D eigenvalue weighted by Crippen LogP contribution is -2.45. The van der Waals surface area contributed by atoms with Gasteiger partial charge in [0.05, 0.1) is 12.8 Å². The number of para-hydroxylation sites is 2. The van der Waals surface area contributed by atoms with Crippen LogP contribution in [0.25, 0.3) is 0 Å². The van der Waals surface area contributed by atoms with Crippen LogP contribution in [0.3, 0.4) is 0 Å². The molecule has 2 aromatic rings. The molecule has 0 radical (unpaired) electrons. The van der Waals surface area contributed by atoms with Crippen molar-refractivity contribution in [3.05, 3.63) is 35.9 Å². The number of aryl methyl sites for hydroxylation is 1. The lowest BCUT2D eigenvalue weighted by Gasteiger charge is -2.22. The Morgan fingerprint density at radius 3 is 2.83 bits per heavy atom. The number of hydrogen-bond donors (Lipinski definition) is 2. The normalized spacial score (nSPS) is 16.7. The van der Waals surface area contributed by atoms with E-state index < -0.39 is 0 Å². The zero-order valence-corrected chi connectivity index (χ0v) is 18.4. The molecular weight excluding hydrogens is 382 g/mol. The van der Waals surface area contributed by atoms with Crippen molar-refractivity contribution >= 4 is 11.6 Å². The van der Waals surface area contributed by atoms with E-state index >= 15 is 0 Å². The number of anilines is 1. The molecule has 0 amide bonds. The summed E-state index contributed by atoms with van der Waals surface area (Å²) in [4.78, 5) is 7.10. The second-order valence-corrected chi connectivity index (χ2v) is 7.41. The molecular formula is C21H33N7O2. The molecule has 2 N–H and O–H groups in total. The van der Waals surface area contributed by atoms with Crippen LogP contribution >= 0.6 is 0 Å². The van der Waals surface area contributed by atoms with Crippen molar-refractivity contribution in [1.82, 2.24) is 25.4 Å². The van der Waals surface area contributed by atoms with Gasteiger partial charge in [-0.1, -0.05) is 12.1 Å². The number of benzene rings is 1. The Bertz CT molecular complexity index is 837. The topological polar surface area (TPSA) is 88.8 Å². The van der Waals surface area contributed by atoms with E-state index in [9.17, 15) is 0 Å². The van der Waals surface area contributed by atoms with Crippen LogP contribution in [-0.2, 0) is 18.3 Å². The Morgan fingerprint density at radius 2 is 2.10 bits per heavy atom. The summed E-state index contributed by atoms with van der Waals surface area (Å²) in [5.74, 6) is 3.42. The molecule has 1 atom stereocenters. The molecule has 1 aliphatic rings. The van der Waals surface area contributed by atoms with Crippen molar-refractivity contribution in [1.29, 1.82) is 0 Å². The molecule has 1 saturated heterocycles. The number of nitrogens with zero attached hydrogens (tertiary/aromatic N) is 5. The smallest absolute Gasteiger partial charge is 0.191 e. The molecule has 9 heteroatoms. The summed E-state index contributed by atoms with van der Waals surface area (Å²) in [5, 5.41) is 15.3. The SMILES string of the molecule is COCCCNC(=NCc1nnc(C)n1C)NC1CCN(c2ccccc2OC)C1. The Hall–Kier alpha value is -2.81. The molecule has 0 spiro atoms. The summed E-state index contributed by atoms with van der Waals surface area (Å²) >= 11 is 0. The highest BCUT2D eigenvalue weighted by Crippen LogP contribution is 2.30. The third-order valence-corrected chi connectivity index (χ3v) is 5.33. The predicted octanol–water partition coefficient (Wildman–Crippen LogP) is 1.48. The quantitative estimate of drug-likeness (QED) is 0.364. The second-order valence-electron chi connectivity index (χ2n) is 7.41. The minimum absolute atomic E-state index is 0.296. The summed E-state index contributed by atoms with van der Waals surface area (Å²) < 4.78 is 12.6. The maximum Gasteiger partial charge on any atom is 0.191 e. The standard InChI is InChI=1S/C21H33N7O2/c1-16-25-26-20(27(16)2)14-23-21(22-11-7-13-29-3)24-17-10-12-28(15-17)18-8-5-6-9-19(18)30-4/h5-6,8-9,17H,7,10-15H2,1-4H3,(H2,22,23,24). The van der Waals surface area contributed by atoms with Gasteiger partial charge in [-0.15, -0.1) is 10.2 Å². The number of hydrogen-bond acceptors (Lipinski definition) is 6. The van der Waals surface area contributed by atoms with Crippen LogP contribution < -0.4 is 20.3 Å². The van der Waals surface area contributed by atoms with E-state index in [1.165, 1.54) is 0 Å². The van der Waals surface area contributed by atoms with Crippen LogP contribution in [0, 0.1) is 6.92 Å². The van der Waals surface area contributed by atoms with E-state index in [1.54, 1.807) is 14.2 Å². The minimum Gasteiger partial charge on any atom is -0.495 e. The van der Waals surface area contributed by atoms with E-state index in [1.807, 2.05) is 36.7 Å². The van der Waals surface area contributed by atoms with Crippen LogP contribution in [-0.4, -0.2) is 67.2 Å². The fraction of sp³-hybridized carbons (Fsp3) is 0.571. The third kappa shape index (κ3) is 5.63. The molecule has 1 aliphatic heterocycles. The monoisotopic (exact) mass is 415 g/mol. The second kappa shape index (κ2) is 10.8. The largest absolute Gasteiger partial charge is 0.495 e. The molecule has 1 aromatic heterocycles. The third-order valence-electron chi connectivity index (χ3n) is 5.33. The van der Waals surface area contributed by atoms with Gasteiger partial charge in [-0.25, -0.2) is 4.99 Å². The predicted molar refractivity (Wildman–Crippen MR) is 118 cm³/mol. The number of aliphatic imine (C=N–C) groups is 1. The highest BCUT2D eigenvalue weighted by molar-refractivity contribution is 5.80. The van der Waals surface area contributed by atoms with Gasteiger partial charge < -0.3 is 29.6 Å². The van der Waals surface area contributed by atoms with Gasteiger partial charge in [0.25, 0.3) is 0 Å². The average Bonchev–Trinajstić information content (AvgIpc) is 3.36. The molecule has 0 aliphatic carbocycles. The highest BCUT2D eigenvalue weighted by Gasteiger charge is 2.25. The van der Waals surface area contributed by atoms with Crippen LogP contribution in [0.4, 0.5) is 5.69 Å². The van der Waals surface area contributed by atoms with Gasteiger partial charge in [0.2, 0.25) is 0 Å². The summed E-state index contributed by atoms with van der Waals surface area (Å²) in [6.45, 7) is 5.78. The van der Waals surface area contributed by atoms with Crippen molar-refractivity contribution in [2.75, 3.05) is 45.4 Å². The highest BCUT2D eigenvalue weighted by atomic mass is 16.5. The zero-order valence-electron chi connectivity index (χ0n) is 18.4. The maximum absolute atomic E-state index is 5.53. The lowest BCUT2D eigenvalue weighted by molar-refractivity contribution is 0.195. The van der Waals surface area contributed by atoms with Crippen molar-refractivity contribution in [3.8, 4) is 5.75 Å². The van der Waals surface area contributed by atoms with Crippen molar-refractivity contribution in [3.63, 3.8) is 0 Å². The molecule has 0 saturated carbocycles. The molecule has 1 fully saturated rings. The number of guanidine groups is 1. The first-order chi connectivity index (χ1) is 14.6. The Morgan fingerprint density at radius 1 is 1.27 bits per heavy atom. The molecule has 0 bridgehead atoms. The first-order valence-electron chi connectivity index (χ1n) is 10.4. The van der Waals surface area contributed by atoms with Gasteiger partial charge in [0.1, 0.15) is 18.1 Å². The number of nitrogens with one attached hydrogen (secondary N) is 2. The Balaban J connectivity index is 1.63. The van der Waals surface area contributed by atoms with E-state index in [0.29, 0.717) is 19.2 Å². The average molecular weight is 416 g/mol. The Kier molecular flexibility index (Phi) is 7.89. The van der Waals surface area contributed by atoms with Crippen LogP contribution in [0.15, 0.2) is 29.3 Å². The summed E-state index contributed by atoms with van der Waals surface area (Å²) in [7, 11) is 5.39. The van der Waals surface area contributed by atoms with Crippen LogP contribution in [0.5, 0.6) is 5.75 Å². The fourth-order valence-electron chi connectivity index (χ4n) is 3.50. The molecule has 1 aromatic carbocycles. The number of methoxy groups -OCH3 is 2. The van der Waals surface area contributed by atoms with Gasteiger partial charge >= 0.3 is 0 Å². The molecule has 2 heterocycles. The van der Waals surface area contributed by atoms with Gasteiger partial charge in [0, 0.05) is 46.4 Å². The zero-order chi connectivity index (χ0) is 21.3. The van der Waals surface area contributed by atoms with Crippen LogP contribution in [0.2, 0.25) is 0 Å². The fourth-order valence-corrected chi connectivity index (χ4v) is 3.50. The first kappa shape index (κ1) is 21.9. The van der Waals surface area contributed by atoms with Crippen molar-refractivity contribution in [2.24, 2.45) is 12.0 Å². The summed E-state index contributed by atoms with van der Waals surface area (Å²) in [5.41, 5.74) is 1.13. The molecule has 30 heavy (non-hydrogen) atoms. The molecule has 1 unspecified atom stereocenters. The summed E-state index contributed by atoms with van der Waals surface area (Å²) in [6, 6.07) is 8.45. The number of ether oxygens (including phenoxy) is 2. The molecule has 9 nitrogen and oxygen atoms in total. The van der Waals surface area contributed by atoms with Gasteiger partial charge in [-0.2, -0.15) is 0 Å². The van der Waals surface area contributed by atoms with Gasteiger partial charge in [-0.05, 0) is 31.9 Å². The van der Waals surface area contributed by atoms with Gasteiger partial charge in [0.15, 0.2) is 11.8 Å². The number of aromatic nitrogens is 3. The minimum atomic E-state index is 0.296. The molecule has 164 valence electrons. The van der Waals surface area contributed by atoms with E-state index in [2.05, 4.69) is 31.8 Å². The van der Waals surface area contributed by atoms with Crippen LogP contribution in [0.1, 0.15) is 24.5 Å². The summed E-state index contributed by atoms with van der Waals surface area (Å²) in [6.07, 6.45) is 1.94.